The van der Waals surface area contributed by atoms with Gasteiger partial charge in [-0.1, -0.05) is 72.8 Å². The summed E-state index contributed by atoms with van der Waals surface area (Å²) >= 11 is 0. The molecule has 0 unspecified atom stereocenters. The lowest BCUT2D eigenvalue weighted by Gasteiger charge is -2.40. The van der Waals surface area contributed by atoms with Gasteiger partial charge >= 0.3 is 0 Å². The highest BCUT2D eigenvalue weighted by Crippen LogP contribution is 2.34. The highest BCUT2D eigenvalue weighted by Gasteiger charge is 2.39. The monoisotopic (exact) mass is 358 g/mol. The topological polar surface area (TPSA) is 15.3 Å². The lowest BCUT2D eigenvalue weighted by Crippen LogP contribution is -2.60. The molecular formula is C25H19BN2. The summed E-state index contributed by atoms with van der Waals surface area (Å²) in [4.78, 5) is 2.47. The van der Waals surface area contributed by atoms with Gasteiger partial charge < -0.3 is 10.2 Å². The normalized spacial score (nSPS) is 13.3. The molecular weight excluding hydrogens is 339 g/mol. The zero-order valence-corrected chi connectivity index (χ0v) is 15.5. The number of anilines is 4. The predicted octanol–water partition coefficient (Wildman–Crippen LogP) is 3.91. The van der Waals surface area contributed by atoms with Crippen LogP contribution in [0.15, 0.2) is 97.1 Å². The average molecular weight is 358 g/mol. The molecule has 0 aromatic heterocycles. The van der Waals surface area contributed by atoms with Gasteiger partial charge in [0, 0.05) is 29.3 Å². The summed E-state index contributed by atoms with van der Waals surface area (Å²) in [6.45, 7) is 1.13. The molecule has 4 aromatic rings. The van der Waals surface area contributed by atoms with Gasteiger partial charge in [0.2, 0.25) is 0 Å². The maximum atomic E-state index is 3.67. The summed E-state index contributed by atoms with van der Waals surface area (Å²) in [6.07, 6.45) is 0. The number of para-hydroxylation sites is 2. The van der Waals surface area contributed by atoms with E-state index in [1.807, 2.05) is 0 Å². The Morgan fingerprint density at radius 3 is 2.18 bits per heavy atom. The van der Waals surface area contributed by atoms with Crippen LogP contribution in [0.2, 0.25) is 0 Å². The first-order valence-corrected chi connectivity index (χ1v) is 9.79. The third-order valence-electron chi connectivity index (χ3n) is 5.93. The Hall–Kier alpha value is -3.46. The third-order valence-corrected chi connectivity index (χ3v) is 5.93. The second kappa shape index (κ2) is 6.03. The van der Waals surface area contributed by atoms with E-state index in [1.54, 1.807) is 0 Å². The van der Waals surface area contributed by atoms with Gasteiger partial charge in [-0.15, -0.1) is 0 Å². The standard InChI is InChI=1S/C25H19BN2/c1-2-9-18(10-3-1)17-28-23-15-7-5-12-20(23)26-19-11-4-6-13-21(19)27-22-14-8-16-24(28)25(22)26/h1-16,27H,17H2. The SMILES string of the molecule is c1ccc(CN2c3ccccc3B3c4ccccc4Nc4cccc2c43)cc1. The van der Waals surface area contributed by atoms with E-state index in [9.17, 15) is 0 Å². The maximum absolute atomic E-state index is 3.67. The molecule has 0 saturated carbocycles. The molecule has 2 aliphatic rings. The Balaban J connectivity index is 1.60. The molecule has 0 fully saturated rings. The van der Waals surface area contributed by atoms with Crippen LogP contribution in [0.25, 0.3) is 0 Å². The first kappa shape index (κ1) is 15.6. The summed E-state index contributed by atoms with van der Waals surface area (Å²) in [5, 5.41) is 3.67. The molecule has 2 nitrogen and oxygen atoms in total. The quantitative estimate of drug-likeness (QED) is 0.482. The molecule has 0 spiro atoms. The van der Waals surface area contributed by atoms with Crippen LogP contribution in [-0.4, -0.2) is 6.71 Å². The number of nitrogens with one attached hydrogen (secondary N) is 1. The first-order valence-electron chi connectivity index (χ1n) is 9.79. The van der Waals surface area contributed by atoms with E-state index in [4.69, 9.17) is 0 Å². The summed E-state index contributed by atoms with van der Waals surface area (Å²) in [5.74, 6) is 0. The smallest absolute Gasteiger partial charge is 0.252 e. The summed E-state index contributed by atoms with van der Waals surface area (Å²) in [5.41, 5.74) is 10.5. The lowest BCUT2D eigenvalue weighted by molar-refractivity contribution is 0.979. The van der Waals surface area contributed by atoms with Gasteiger partial charge in [0.15, 0.2) is 0 Å². The lowest BCUT2D eigenvalue weighted by atomic mass is 9.33. The van der Waals surface area contributed by atoms with Gasteiger partial charge in [0.05, 0.1) is 0 Å². The third kappa shape index (κ3) is 2.23. The predicted molar refractivity (Wildman–Crippen MR) is 120 cm³/mol. The minimum atomic E-state index is 0.270. The van der Waals surface area contributed by atoms with Crippen molar-refractivity contribution >= 4 is 45.9 Å². The summed E-state index contributed by atoms with van der Waals surface area (Å²) in [6, 6.07) is 34.9. The van der Waals surface area contributed by atoms with Crippen LogP contribution in [0.4, 0.5) is 22.7 Å². The number of benzene rings is 4. The van der Waals surface area contributed by atoms with Crippen molar-refractivity contribution in [3.8, 4) is 0 Å². The number of hydrogen-bond donors (Lipinski definition) is 1. The van der Waals surface area contributed by atoms with Crippen LogP contribution in [0, 0.1) is 0 Å². The van der Waals surface area contributed by atoms with Crippen molar-refractivity contribution < 1.29 is 0 Å². The van der Waals surface area contributed by atoms with Crippen molar-refractivity contribution in [3.05, 3.63) is 103 Å². The number of hydrogen-bond acceptors (Lipinski definition) is 2. The van der Waals surface area contributed by atoms with E-state index in [0.717, 1.165) is 6.54 Å². The van der Waals surface area contributed by atoms with Crippen molar-refractivity contribution in [1.82, 2.24) is 0 Å². The summed E-state index contributed by atoms with van der Waals surface area (Å²) < 4.78 is 0. The van der Waals surface area contributed by atoms with Crippen molar-refractivity contribution in [2.45, 2.75) is 6.54 Å². The second-order valence-electron chi connectivity index (χ2n) is 7.51. The van der Waals surface area contributed by atoms with Gasteiger partial charge in [-0.05, 0) is 46.2 Å². The Bertz CT molecular complexity index is 1190. The molecule has 3 heteroatoms. The number of nitrogens with zero attached hydrogens (tertiary/aromatic N) is 1. The van der Waals surface area contributed by atoms with E-state index in [2.05, 4.69) is 107 Å². The Labute approximate surface area is 165 Å². The van der Waals surface area contributed by atoms with E-state index >= 15 is 0 Å². The average Bonchev–Trinajstić information content (AvgIpc) is 2.76. The molecule has 2 heterocycles. The highest BCUT2D eigenvalue weighted by atomic mass is 15.1. The van der Waals surface area contributed by atoms with Crippen LogP contribution in [-0.2, 0) is 6.54 Å². The van der Waals surface area contributed by atoms with Crippen molar-refractivity contribution in [3.63, 3.8) is 0 Å². The number of fused-ring (bicyclic) bond motifs is 4. The Morgan fingerprint density at radius 2 is 1.29 bits per heavy atom. The molecule has 0 saturated heterocycles. The van der Waals surface area contributed by atoms with Gasteiger partial charge in [-0.25, -0.2) is 0 Å². The zero-order chi connectivity index (χ0) is 18.5. The number of rotatable bonds is 2. The molecule has 0 atom stereocenters. The van der Waals surface area contributed by atoms with E-state index < -0.39 is 0 Å². The van der Waals surface area contributed by atoms with E-state index in [0.29, 0.717) is 0 Å². The summed E-state index contributed by atoms with van der Waals surface area (Å²) in [7, 11) is 0. The molecule has 0 amide bonds. The van der Waals surface area contributed by atoms with Crippen molar-refractivity contribution in [2.75, 3.05) is 10.2 Å². The molecule has 1 N–H and O–H groups in total. The molecule has 0 radical (unpaired) electrons. The molecule has 2 aliphatic heterocycles. The minimum Gasteiger partial charge on any atom is -0.356 e. The fourth-order valence-electron chi connectivity index (χ4n) is 4.73. The zero-order valence-electron chi connectivity index (χ0n) is 15.5. The second-order valence-corrected chi connectivity index (χ2v) is 7.51. The van der Waals surface area contributed by atoms with Gasteiger partial charge in [0.25, 0.3) is 6.71 Å². The molecule has 132 valence electrons. The fourth-order valence-corrected chi connectivity index (χ4v) is 4.73. The molecule has 4 aromatic carbocycles. The molecule has 0 aliphatic carbocycles. The van der Waals surface area contributed by atoms with Gasteiger partial charge in [-0.3, -0.25) is 0 Å². The fraction of sp³-hybridized carbons (Fsp3) is 0.0400. The van der Waals surface area contributed by atoms with Gasteiger partial charge in [0.1, 0.15) is 0 Å². The first-order chi connectivity index (χ1) is 13.9. The van der Waals surface area contributed by atoms with Crippen molar-refractivity contribution in [2.24, 2.45) is 0 Å². The largest absolute Gasteiger partial charge is 0.356 e. The highest BCUT2D eigenvalue weighted by molar-refractivity contribution is 7.00. The van der Waals surface area contributed by atoms with Crippen LogP contribution < -0.4 is 26.6 Å². The minimum absolute atomic E-state index is 0.270. The van der Waals surface area contributed by atoms with Crippen LogP contribution in [0.1, 0.15) is 5.56 Å². The molecule has 28 heavy (non-hydrogen) atoms. The molecule has 6 rings (SSSR count). The van der Waals surface area contributed by atoms with Gasteiger partial charge in [-0.2, -0.15) is 0 Å². The van der Waals surface area contributed by atoms with Crippen molar-refractivity contribution in [1.29, 1.82) is 0 Å². The van der Waals surface area contributed by atoms with E-state index in [1.165, 1.54) is 44.7 Å². The Morgan fingerprint density at radius 1 is 0.607 bits per heavy atom. The van der Waals surface area contributed by atoms with E-state index in [-0.39, 0.29) is 6.71 Å². The Kier molecular flexibility index (Phi) is 3.36. The van der Waals surface area contributed by atoms with Crippen LogP contribution in [0.5, 0.6) is 0 Å². The maximum Gasteiger partial charge on any atom is 0.252 e. The van der Waals surface area contributed by atoms with Crippen LogP contribution in [0.3, 0.4) is 0 Å². The molecule has 0 bridgehead atoms. The van der Waals surface area contributed by atoms with Crippen LogP contribution >= 0.6 is 0 Å².